The fraction of sp³-hybridized carbons (Fsp3) is 0.320. The van der Waals surface area contributed by atoms with E-state index < -0.39 is 0 Å². The molecule has 0 atom stereocenters. The summed E-state index contributed by atoms with van der Waals surface area (Å²) in [6.07, 6.45) is 6.63. The topological polar surface area (TPSA) is 123 Å². The van der Waals surface area contributed by atoms with E-state index in [1.807, 2.05) is 18.3 Å². The van der Waals surface area contributed by atoms with E-state index in [1.165, 1.54) is 17.5 Å². The average Bonchev–Trinajstić information content (AvgIpc) is 3.43. The van der Waals surface area contributed by atoms with Crippen LogP contribution in [0.2, 0.25) is 0 Å². The Morgan fingerprint density at radius 1 is 1.24 bits per heavy atom. The molecule has 0 aromatic carbocycles. The Hall–Kier alpha value is -3.87. The van der Waals surface area contributed by atoms with Crippen LogP contribution >= 0.6 is 11.3 Å². The summed E-state index contributed by atoms with van der Waals surface area (Å²) in [5.41, 5.74) is 3.19. The molecular weight excluding hydrogens is 494 g/mol. The van der Waals surface area contributed by atoms with Crippen LogP contribution in [-0.2, 0) is 9.53 Å². The number of rotatable bonds is 7. The van der Waals surface area contributed by atoms with Crippen molar-refractivity contribution < 1.29 is 21.9 Å². The van der Waals surface area contributed by atoms with E-state index in [0.717, 1.165) is 36.7 Å². The number of thiazole rings is 1. The summed E-state index contributed by atoms with van der Waals surface area (Å²) in [7, 11) is 1.57. The van der Waals surface area contributed by atoms with Crippen molar-refractivity contribution in [1.29, 1.82) is 0 Å². The minimum atomic E-state index is -0.316. The standard InChI is InChI=1S/C25H25N7O4S.2H2/c1-15-19(6-16(7-27-15)29-21(33)10-31-11-25(12-31)13-36-14-25)30-22(34)18-8-28-32-9-20(37-24(18)32)17-4-3-5-26-23(17)35-2;;/h3-9H,10-14H2,1-2H3,(H,29,33)(H,30,34);2*1H. The third-order valence-electron chi connectivity index (χ3n) is 6.59. The zero-order valence-corrected chi connectivity index (χ0v) is 21.2. The Bertz CT molecular complexity index is 1510. The molecule has 6 rings (SSSR count). The molecule has 2 amide bonds. The van der Waals surface area contributed by atoms with Crippen LogP contribution in [0.5, 0.6) is 5.88 Å². The SMILES string of the molecule is COc1ncccc1-c1cn2ncc(C(=O)Nc3cc(NC(=O)CN4CC5(COC5)C4)cnc3C)c2s1.[HH].[HH]. The number of carbonyl (C=O) groups is 2. The normalized spacial score (nSPS) is 16.3. The molecule has 4 aromatic rings. The van der Waals surface area contributed by atoms with E-state index in [-0.39, 0.29) is 20.1 Å². The van der Waals surface area contributed by atoms with Crippen molar-refractivity contribution in [3.05, 3.63) is 54.2 Å². The van der Waals surface area contributed by atoms with Crippen molar-refractivity contribution in [2.75, 3.05) is 50.6 Å². The van der Waals surface area contributed by atoms with Gasteiger partial charge in [0.1, 0.15) is 4.83 Å². The molecule has 11 nitrogen and oxygen atoms in total. The number of likely N-dealkylation sites (tertiary alicyclic amines) is 1. The van der Waals surface area contributed by atoms with Gasteiger partial charge in [-0.15, -0.1) is 11.3 Å². The molecule has 2 aliphatic rings. The molecule has 2 saturated heterocycles. The second kappa shape index (κ2) is 9.21. The highest BCUT2D eigenvalue weighted by Gasteiger charge is 2.49. The van der Waals surface area contributed by atoms with Gasteiger partial charge in [0.25, 0.3) is 5.91 Å². The zero-order chi connectivity index (χ0) is 25.6. The Kier molecular flexibility index (Phi) is 5.86. The molecule has 2 aliphatic heterocycles. The molecule has 12 heteroatoms. The number of anilines is 2. The molecule has 0 radical (unpaired) electrons. The quantitative estimate of drug-likeness (QED) is 0.379. The number of hydrogen-bond donors (Lipinski definition) is 2. The van der Waals surface area contributed by atoms with Gasteiger partial charge in [0.05, 0.1) is 72.3 Å². The predicted molar refractivity (Wildman–Crippen MR) is 142 cm³/mol. The van der Waals surface area contributed by atoms with Crippen molar-refractivity contribution in [3.8, 4) is 16.3 Å². The highest BCUT2D eigenvalue weighted by atomic mass is 32.1. The van der Waals surface area contributed by atoms with Crippen LogP contribution < -0.4 is 15.4 Å². The Balaban J connectivity index is 0.00000176. The first-order chi connectivity index (χ1) is 17.9. The number of fused-ring (bicyclic) bond motifs is 1. The third-order valence-corrected chi connectivity index (χ3v) is 7.74. The first kappa shape index (κ1) is 23.5. The van der Waals surface area contributed by atoms with Crippen molar-refractivity contribution in [2.24, 2.45) is 5.41 Å². The number of nitrogens with one attached hydrogen (secondary N) is 2. The summed E-state index contributed by atoms with van der Waals surface area (Å²) in [6.45, 7) is 5.44. The monoisotopic (exact) mass is 523 g/mol. The molecule has 1 spiro atoms. The molecular formula is C25H29N7O4S. The van der Waals surface area contributed by atoms with Crippen LogP contribution in [-0.4, -0.2) is 76.3 Å². The summed E-state index contributed by atoms with van der Waals surface area (Å²) >= 11 is 1.42. The van der Waals surface area contributed by atoms with E-state index >= 15 is 0 Å². The number of aryl methyl sites for hydroxylation is 1. The summed E-state index contributed by atoms with van der Waals surface area (Å²) in [5, 5.41) is 10.1. The van der Waals surface area contributed by atoms with Crippen LogP contribution in [0.15, 0.2) is 43.0 Å². The van der Waals surface area contributed by atoms with Gasteiger partial charge in [-0.1, -0.05) is 0 Å². The van der Waals surface area contributed by atoms with Crippen molar-refractivity contribution >= 4 is 39.4 Å². The summed E-state index contributed by atoms with van der Waals surface area (Å²) in [4.78, 5) is 38.0. The van der Waals surface area contributed by atoms with Gasteiger partial charge in [0.2, 0.25) is 11.8 Å². The maximum Gasteiger partial charge on any atom is 0.260 e. The van der Waals surface area contributed by atoms with Crippen molar-refractivity contribution in [3.63, 3.8) is 0 Å². The number of pyridine rings is 2. The van der Waals surface area contributed by atoms with E-state index in [4.69, 9.17) is 9.47 Å². The number of hydrogen-bond acceptors (Lipinski definition) is 9. The van der Waals surface area contributed by atoms with Gasteiger partial charge in [0, 0.05) is 33.8 Å². The minimum absolute atomic E-state index is 0. The molecule has 6 heterocycles. The van der Waals surface area contributed by atoms with Crippen LogP contribution in [0.1, 0.15) is 18.9 Å². The van der Waals surface area contributed by atoms with Gasteiger partial charge in [0.15, 0.2) is 0 Å². The summed E-state index contributed by atoms with van der Waals surface area (Å²) in [6, 6.07) is 5.46. The van der Waals surface area contributed by atoms with Gasteiger partial charge < -0.3 is 20.1 Å². The lowest BCUT2D eigenvalue weighted by molar-refractivity contribution is -0.188. The number of amides is 2. The number of nitrogens with zero attached hydrogens (tertiary/aromatic N) is 5. The lowest BCUT2D eigenvalue weighted by atomic mass is 9.78. The molecule has 194 valence electrons. The summed E-state index contributed by atoms with van der Waals surface area (Å²) < 4.78 is 12.3. The van der Waals surface area contributed by atoms with Crippen LogP contribution in [0, 0.1) is 12.3 Å². The van der Waals surface area contributed by atoms with Gasteiger partial charge in [-0.25, -0.2) is 9.50 Å². The highest BCUT2D eigenvalue weighted by molar-refractivity contribution is 7.21. The molecule has 0 unspecified atom stereocenters. The van der Waals surface area contributed by atoms with Crippen molar-refractivity contribution in [1.82, 2.24) is 24.5 Å². The second-order valence-corrected chi connectivity index (χ2v) is 10.5. The van der Waals surface area contributed by atoms with E-state index in [0.29, 0.717) is 39.9 Å². The fourth-order valence-corrected chi connectivity index (χ4v) is 5.79. The smallest absolute Gasteiger partial charge is 0.260 e. The van der Waals surface area contributed by atoms with Gasteiger partial charge in [-0.3, -0.25) is 19.5 Å². The maximum atomic E-state index is 13.2. The number of ether oxygens (including phenoxy) is 2. The van der Waals surface area contributed by atoms with Gasteiger partial charge in [-0.2, -0.15) is 5.10 Å². The Labute approximate surface area is 219 Å². The van der Waals surface area contributed by atoms with Gasteiger partial charge in [-0.05, 0) is 25.1 Å². The Morgan fingerprint density at radius 3 is 2.84 bits per heavy atom. The second-order valence-electron chi connectivity index (χ2n) is 9.46. The third kappa shape index (κ3) is 4.43. The first-order valence-corrected chi connectivity index (χ1v) is 12.6. The maximum absolute atomic E-state index is 13.2. The first-order valence-electron chi connectivity index (χ1n) is 11.8. The molecule has 0 bridgehead atoms. The van der Waals surface area contributed by atoms with E-state index in [9.17, 15) is 9.59 Å². The van der Waals surface area contributed by atoms with Gasteiger partial charge >= 0.3 is 0 Å². The molecule has 37 heavy (non-hydrogen) atoms. The molecule has 4 aromatic heterocycles. The van der Waals surface area contributed by atoms with Crippen LogP contribution in [0.25, 0.3) is 15.3 Å². The van der Waals surface area contributed by atoms with E-state index in [2.05, 4.69) is 30.6 Å². The average molecular weight is 524 g/mol. The van der Waals surface area contributed by atoms with Crippen LogP contribution in [0.4, 0.5) is 11.4 Å². The number of carbonyl (C=O) groups excluding carboxylic acids is 2. The Morgan fingerprint density at radius 2 is 2.08 bits per heavy atom. The predicted octanol–water partition coefficient (Wildman–Crippen LogP) is 3.18. The molecule has 2 N–H and O–H groups in total. The lowest BCUT2D eigenvalue weighted by Crippen LogP contribution is -2.66. The summed E-state index contributed by atoms with van der Waals surface area (Å²) in [5.74, 6) is 0.0704. The zero-order valence-electron chi connectivity index (χ0n) is 20.4. The van der Waals surface area contributed by atoms with Crippen LogP contribution in [0.3, 0.4) is 0 Å². The molecule has 2 fully saturated rings. The number of aromatic nitrogens is 4. The minimum Gasteiger partial charge on any atom is -0.481 e. The van der Waals surface area contributed by atoms with Crippen molar-refractivity contribution in [2.45, 2.75) is 6.92 Å². The molecule has 0 aliphatic carbocycles. The van der Waals surface area contributed by atoms with E-state index in [1.54, 1.807) is 37.0 Å². The number of methoxy groups -OCH3 is 1. The fourth-order valence-electron chi connectivity index (χ4n) is 4.72. The lowest BCUT2D eigenvalue weighted by Gasteiger charge is -2.54. The molecule has 0 saturated carbocycles. The largest absolute Gasteiger partial charge is 0.481 e. The highest BCUT2D eigenvalue weighted by Crippen LogP contribution is 2.37.